The fourth-order valence-corrected chi connectivity index (χ4v) is 11.2. The Hall–Kier alpha value is -3.56. The van der Waals surface area contributed by atoms with E-state index < -0.39 is 0 Å². The van der Waals surface area contributed by atoms with E-state index >= 15 is 0 Å². The first kappa shape index (κ1) is 31.4. The number of benzene rings is 4. The van der Waals surface area contributed by atoms with Crippen LogP contribution in [0.4, 0.5) is 11.4 Å². The summed E-state index contributed by atoms with van der Waals surface area (Å²) in [6.07, 6.45) is 25.6. The number of fused-ring (bicyclic) bond motifs is 3. The van der Waals surface area contributed by atoms with Gasteiger partial charge in [-0.05, 0) is 109 Å². The standard InChI is InChI=1S/C46H50N2S/c1-2-14-31(13-1)36-22-11-23-37(32-15-3-4-16-32)45(36)47-29-35-27-28-43-44(40-21-9-10-26-42(40)49-43)41(35)30-48-46-38(33-17-5-6-18-33)24-12-25-39(46)34-19-7-8-20-34/h9-12,21-34H,1-8,13-20H2. The van der Waals surface area contributed by atoms with Crippen LogP contribution in [0.1, 0.15) is 160 Å². The van der Waals surface area contributed by atoms with E-state index in [1.54, 1.807) is 0 Å². The molecule has 2 nitrogen and oxygen atoms in total. The summed E-state index contributed by atoms with van der Waals surface area (Å²) in [5.74, 6) is 2.54. The predicted octanol–water partition coefficient (Wildman–Crippen LogP) is 14.2. The monoisotopic (exact) mass is 662 g/mol. The predicted molar refractivity (Wildman–Crippen MR) is 212 cm³/mol. The van der Waals surface area contributed by atoms with E-state index in [2.05, 4.69) is 85.2 Å². The van der Waals surface area contributed by atoms with E-state index in [9.17, 15) is 0 Å². The molecule has 4 aliphatic rings. The lowest BCUT2D eigenvalue weighted by atomic mass is 9.88. The molecule has 0 saturated heterocycles. The van der Waals surface area contributed by atoms with Gasteiger partial charge < -0.3 is 0 Å². The Morgan fingerprint density at radius 2 is 0.898 bits per heavy atom. The van der Waals surface area contributed by atoms with Crippen molar-refractivity contribution in [2.75, 3.05) is 0 Å². The van der Waals surface area contributed by atoms with Crippen molar-refractivity contribution in [1.29, 1.82) is 0 Å². The highest BCUT2D eigenvalue weighted by Crippen LogP contribution is 2.47. The maximum Gasteiger partial charge on any atom is 0.0699 e. The summed E-state index contributed by atoms with van der Waals surface area (Å²) in [6, 6.07) is 27.8. The number of nitrogens with zero attached hydrogens (tertiary/aromatic N) is 2. The lowest BCUT2D eigenvalue weighted by molar-refractivity contribution is 0.702. The van der Waals surface area contributed by atoms with Crippen molar-refractivity contribution in [2.24, 2.45) is 9.98 Å². The van der Waals surface area contributed by atoms with Gasteiger partial charge in [-0.2, -0.15) is 0 Å². The van der Waals surface area contributed by atoms with Gasteiger partial charge in [-0.1, -0.05) is 112 Å². The fourth-order valence-electron chi connectivity index (χ4n) is 10.1. The van der Waals surface area contributed by atoms with Gasteiger partial charge in [-0.25, -0.2) is 0 Å². The van der Waals surface area contributed by atoms with Crippen molar-refractivity contribution in [3.8, 4) is 0 Å². The Balaban J connectivity index is 1.21. The Morgan fingerprint density at radius 3 is 1.39 bits per heavy atom. The van der Waals surface area contributed by atoms with Crippen molar-refractivity contribution in [1.82, 2.24) is 0 Å². The fraction of sp³-hybridized carbons (Fsp3) is 0.435. The van der Waals surface area contributed by atoms with Gasteiger partial charge in [0.15, 0.2) is 0 Å². The number of hydrogen-bond donors (Lipinski definition) is 0. The molecule has 0 aliphatic heterocycles. The molecule has 49 heavy (non-hydrogen) atoms. The highest BCUT2D eigenvalue weighted by Gasteiger charge is 2.27. The summed E-state index contributed by atoms with van der Waals surface area (Å²) in [6.45, 7) is 0. The average Bonchev–Trinajstić information content (AvgIpc) is 4.00. The zero-order valence-corrected chi connectivity index (χ0v) is 29.8. The summed E-state index contributed by atoms with van der Waals surface area (Å²) >= 11 is 1.90. The topological polar surface area (TPSA) is 24.7 Å². The molecule has 0 N–H and O–H groups in total. The SMILES string of the molecule is C(=Nc1c(C2CCCC2)cccc1C1CCCC1)c1ccc2sc3ccccc3c2c1C=Nc1c(C2CCCC2)cccc1C1CCCC1. The van der Waals surface area contributed by atoms with Gasteiger partial charge in [0.1, 0.15) is 0 Å². The van der Waals surface area contributed by atoms with Crippen molar-refractivity contribution in [3.63, 3.8) is 0 Å². The van der Waals surface area contributed by atoms with E-state index in [-0.39, 0.29) is 0 Å². The molecule has 0 bridgehead atoms. The van der Waals surface area contributed by atoms with Crippen LogP contribution in [0.2, 0.25) is 0 Å². The summed E-state index contributed by atoms with van der Waals surface area (Å²) in [7, 11) is 0. The van der Waals surface area contributed by atoms with Crippen molar-refractivity contribution < 1.29 is 0 Å². The molecular weight excluding hydrogens is 613 g/mol. The molecular formula is C46H50N2S. The molecule has 0 radical (unpaired) electrons. The third-order valence-electron chi connectivity index (χ3n) is 12.6. The Morgan fingerprint density at radius 1 is 0.449 bits per heavy atom. The molecule has 0 amide bonds. The minimum atomic E-state index is 0.633. The largest absolute Gasteiger partial charge is 0.256 e. The smallest absolute Gasteiger partial charge is 0.0699 e. The van der Waals surface area contributed by atoms with E-state index in [1.165, 1.54) is 168 Å². The Bertz CT molecular complexity index is 1940. The van der Waals surface area contributed by atoms with Crippen molar-refractivity contribution in [2.45, 2.75) is 126 Å². The summed E-state index contributed by atoms with van der Waals surface area (Å²) in [5.41, 5.74) is 10.9. The minimum absolute atomic E-state index is 0.633. The first-order valence-corrected chi connectivity index (χ1v) is 20.4. The Labute approximate surface area is 296 Å². The second-order valence-corrected chi connectivity index (χ2v) is 16.6. The first-order chi connectivity index (χ1) is 24.3. The number of aliphatic imine (C=N–C) groups is 2. The van der Waals surface area contributed by atoms with Crippen molar-refractivity contribution in [3.05, 3.63) is 106 Å². The normalized spacial score (nSPS) is 20.1. The molecule has 4 fully saturated rings. The second kappa shape index (κ2) is 14.0. The van der Waals surface area contributed by atoms with Gasteiger partial charge in [0, 0.05) is 43.7 Å². The van der Waals surface area contributed by atoms with Crippen LogP contribution in [0, 0.1) is 0 Å². The first-order valence-electron chi connectivity index (χ1n) is 19.6. The average molecular weight is 663 g/mol. The lowest BCUT2D eigenvalue weighted by Gasteiger charge is -2.20. The van der Waals surface area contributed by atoms with Crippen LogP contribution < -0.4 is 0 Å². The molecule has 5 aromatic rings. The number of thiophene rings is 1. The minimum Gasteiger partial charge on any atom is -0.256 e. The van der Waals surface area contributed by atoms with Crippen LogP contribution in [0.5, 0.6) is 0 Å². The van der Waals surface area contributed by atoms with Gasteiger partial charge in [0.2, 0.25) is 0 Å². The third kappa shape index (κ3) is 6.11. The molecule has 0 spiro atoms. The highest BCUT2D eigenvalue weighted by atomic mass is 32.1. The summed E-state index contributed by atoms with van der Waals surface area (Å²) < 4.78 is 2.67. The summed E-state index contributed by atoms with van der Waals surface area (Å²) in [5, 5.41) is 2.66. The zero-order chi connectivity index (χ0) is 32.6. The number of para-hydroxylation sites is 2. The van der Waals surface area contributed by atoms with Gasteiger partial charge in [0.05, 0.1) is 11.4 Å². The van der Waals surface area contributed by atoms with Gasteiger partial charge in [-0.3, -0.25) is 9.98 Å². The second-order valence-electron chi connectivity index (χ2n) is 15.6. The number of rotatable bonds is 8. The molecule has 0 unspecified atom stereocenters. The van der Waals surface area contributed by atoms with E-state index in [1.807, 2.05) is 11.3 Å². The van der Waals surface area contributed by atoms with Gasteiger partial charge in [0.25, 0.3) is 0 Å². The molecule has 4 aliphatic carbocycles. The van der Waals surface area contributed by atoms with Crippen LogP contribution in [-0.4, -0.2) is 12.4 Å². The summed E-state index contributed by atoms with van der Waals surface area (Å²) in [4.78, 5) is 11.1. The molecule has 0 atom stereocenters. The quantitative estimate of drug-likeness (QED) is 0.148. The van der Waals surface area contributed by atoms with Crippen LogP contribution >= 0.6 is 11.3 Å². The van der Waals surface area contributed by atoms with Crippen LogP contribution in [0.25, 0.3) is 20.2 Å². The molecule has 4 aromatic carbocycles. The maximum atomic E-state index is 5.60. The zero-order valence-electron chi connectivity index (χ0n) is 29.0. The molecule has 3 heteroatoms. The van der Waals surface area contributed by atoms with Crippen LogP contribution in [0.15, 0.2) is 82.8 Å². The van der Waals surface area contributed by atoms with E-state index in [0.29, 0.717) is 23.7 Å². The molecule has 250 valence electrons. The molecule has 9 rings (SSSR count). The van der Waals surface area contributed by atoms with Gasteiger partial charge >= 0.3 is 0 Å². The number of hydrogen-bond acceptors (Lipinski definition) is 3. The van der Waals surface area contributed by atoms with Crippen molar-refractivity contribution >= 4 is 55.3 Å². The van der Waals surface area contributed by atoms with Crippen LogP contribution in [0.3, 0.4) is 0 Å². The molecule has 4 saturated carbocycles. The van der Waals surface area contributed by atoms with Crippen LogP contribution in [-0.2, 0) is 0 Å². The maximum absolute atomic E-state index is 5.60. The van der Waals surface area contributed by atoms with E-state index in [4.69, 9.17) is 9.98 Å². The van der Waals surface area contributed by atoms with Gasteiger partial charge in [-0.15, -0.1) is 11.3 Å². The lowest BCUT2D eigenvalue weighted by Crippen LogP contribution is -2.01. The highest BCUT2D eigenvalue weighted by molar-refractivity contribution is 7.25. The molecule has 1 aromatic heterocycles. The van der Waals surface area contributed by atoms with E-state index in [0.717, 1.165) is 0 Å². The Kier molecular flexibility index (Phi) is 8.97. The molecule has 1 heterocycles. The third-order valence-corrected chi connectivity index (χ3v) is 13.8.